The zero-order valence-electron chi connectivity index (χ0n) is 15.1. The number of hydrogen-bond acceptors (Lipinski definition) is 6. The molecule has 5 aromatic rings. The van der Waals surface area contributed by atoms with Gasteiger partial charge in [-0.2, -0.15) is 5.10 Å². The highest BCUT2D eigenvalue weighted by Crippen LogP contribution is 2.31. The number of aryl methyl sites for hydroxylation is 1. The van der Waals surface area contributed by atoms with E-state index in [1.165, 1.54) is 0 Å². The van der Waals surface area contributed by atoms with Crippen LogP contribution in [0, 0.1) is 0 Å². The molecule has 28 heavy (non-hydrogen) atoms. The minimum atomic E-state index is -0.475. The quantitative estimate of drug-likeness (QED) is 0.502. The summed E-state index contributed by atoms with van der Waals surface area (Å²) >= 11 is 0. The van der Waals surface area contributed by atoms with Gasteiger partial charge in [0.25, 0.3) is 0 Å². The molecule has 8 heteroatoms. The van der Waals surface area contributed by atoms with Crippen LogP contribution in [0.1, 0.15) is 17.5 Å². The van der Waals surface area contributed by atoms with Gasteiger partial charge in [0.15, 0.2) is 0 Å². The monoisotopic (exact) mass is 371 g/mol. The summed E-state index contributed by atoms with van der Waals surface area (Å²) in [6.07, 6.45) is 7.37. The lowest BCUT2D eigenvalue weighted by Crippen LogP contribution is -2.11. The van der Waals surface area contributed by atoms with E-state index in [2.05, 4.69) is 25.3 Å². The Morgan fingerprint density at radius 1 is 1.11 bits per heavy atom. The fourth-order valence-electron chi connectivity index (χ4n) is 3.18. The average molecular weight is 371 g/mol. The van der Waals surface area contributed by atoms with Gasteiger partial charge in [0.1, 0.15) is 11.7 Å². The molecule has 0 saturated heterocycles. The molecule has 4 aromatic heterocycles. The third-order valence-electron chi connectivity index (χ3n) is 4.67. The normalized spacial score (nSPS) is 12.5. The zero-order chi connectivity index (χ0) is 19.1. The van der Waals surface area contributed by atoms with Crippen LogP contribution < -0.4 is 5.73 Å². The molecule has 5 rings (SSSR count). The Bertz CT molecular complexity index is 1250. The molecule has 0 aliphatic heterocycles. The van der Waals surface area contributed by atoms with E-state index < -0.39 is 6.04 Å². The molecular weight excluding hydrogens is 354 g/mol. The van der Waals surface area contributed by atoms with E-state index in [1.807, 2.05) is 62.0 Å². The highest BCUT2D eigenvalue weighted by atomic mass is 16.4. The van der Waals surface area contributed by atoms with Gasteiger partial charge in [-0.3, -0.25) is 4.68 Å². The molecule has 0 saturated carbocycles. The minimum Gasteiger partial charge on any atom is -0.419 e. The summed E-state index contributed by atoms with van der Waals surface area (Å²) in [6.45, 7) is 0. The van der Waals surface area contributed by atoms with Crippen molar-refractivity contribution < 1.29 is 4.42 Å². The van der Waals surface area contributed by atoms with Crippen molar-refractivity contribution in [2.75, 3.05) is 0 Å². The van der Waals surface area contributed by atoms with Gasteiger partial charge in [0, 0.05) is 42.2 Å². The first kappa shape index (κ1) is 16.4. The summed E-state index contributed by atoms with van der Waals surface area (Å²) in [5, 5.41) is 13.5. The first-order valence-corrected chi connectivity index (χ1v) is 8.79. The van der Waals surface area contributed by atoms with Crippen molar-refractivity contribution in [2.24, 2.45) is 12.8 Å². The molecule has 0 aliphatic carbocycles. The molecular formula is C20H17N7O. The van der Waals surface area contributed by atoms with Gasteiger partial charge in [-0.15, -0.1) is 10.2 Å². The lowest BCUT2D eigenvalue weighted by molar-refractivity contribution is 0.484. The third-order valence-corrected chi connectivity index (χ3v) is 4.67. The van der Waals surface area contributed by atoms with Crippen LogP contribution in [0.2, 0.25) is 0 Å². The van der Waals surface area contributed by atoms with E-state index in [-0.39, 0.29) is 0 Å². The van der Waals surface area contributed by atoms with E-state index in [9.17, 15) is 0 Å². The van der Waals surface area contributed by atoms with Gasteiger partial charge < -0.3 is 15.1 Å². The highest BCUT2D eigenvalue weighted by Gasteiger charge is 2.19. The van der Waals surface area contributed by atoms with Gasteiger partial charge in [-0.1, -0.05) is 30.3 Å². The van der Waals surface area contributed by atoms with Crippen molar-refractivity contribution in [3.8, 4) is 22.6 Å². The molecule has 8 nitrogen and oxygen atoms in total. The summed E-state index contributed by atoms with van der Waals surface area (Å²) < 4.78 is 7.65. The highest BCUT2D eigenvalue weighted by molar-refractivity contribution is 5.93. The van der Waals surface area contributed by atoms with E-state index in [0.29, 0.717) is 11.8 Å². The number of hydrogen-bond donors (Lipinski definition) is 2. The summed E-state index contributed by atoms with van der Waals surface area (Å²) in [5.41, 5.74) is 10.7. The van der Waals surface area contributed by atoms with E-state index in [1.54, 1.807) is 10.9 Å². The topological polar surface area (TPSA) is 111 Å². The summed E-state index contributed by atoms with van der Waals surface area (Å²) in [5.74, 6) is 0.768. The number of benzene rings is 1. The molecule has 0 amide bonds. The minimum absolute atomic E-state index is 0.368. The maximum absolute atomic E-state index is 6.27. The Labute approximate surface area is 160 Å². The number of H-pyrrole nitrogens is 1. The predicted molar refractivity (Wildman–Crippen MR) is 104 cm³/mol. The molecule has 138 valence electrons. The maximum Gasteiger partial charge on any atom is 0.250 e. The van der Waals surface area contributed by atoms with Gasteiger partial charge in [0.2, 0.25) is 11.8 Å². The van der Waals surface area contributed by atoms with Crippen LogP contribution in [0.15, 0.2) is 65.6 Å². The number of aromatic nitrogens is 6. The Morgan fingerprint density at radius 2 is 1.96 bits per heavy atom. The zero-order valence-corrected chi connectivity index (χ0v) is 15.1. The van der Waals surface area contributed by atoms with Crippen molar-refractivity contribution in [2.45, 2.75) is 6.04 Å². The predicted octanol–water partition coefficient (Wildman–Crippen LogP) is 3.06. The van der Waals surface area contributed by atoms with Crippen LogP contribution in [-0.2, 0) is 7.05 Å². The van der Waals surface area contributed by atoms with Crippen LogP contribution >= 0.6 is 0 Å². The summed E-state index contributed by atoms with van der Waals surface area (Å²) in [7, 11) is 1.88. The third kappa shape index (κ3) is 2.76. The largest absolute Gasteiger partial charge is 0.419 e. The first-order valence-electron chi connectivity index (χ1n) is 8.79. The van der Waals surface area contributed by atoms with Crippen LogP contribution in [0.4, 0.5) is 0 Å². The van der Waals surface area contributed by atoms with Crippen molar-refractivity contribution in [3.05, 3.63) is 72.6 Å². The molecule has 0 bridgehead atoms. The van der Waals surface area contributed by atoms with Crippen molar-refractivity contribution >= 4 is 11.0 Å². The summed E-state index contributed by atoms with van der Waals surface area (Å²) in [6, 6.07) is 11.2. The Balaban J connectivity index is 1.54. The van der Waals surface area contributed by atoms with Crippen LogP contribution in [0.5, 0.6) is 0 Å². The van der Waals surface area contributed by atoms with Crippen molar-refractivity contribution in [1.82, 2.24) is 29.9 Å². The molecule has 0 radical (unpaired) electrons. The number of nitrogens with zero attached hydrogens (tertiary/aromatic N) is 5. The smallest absolute Gasteiger partial charge is 0.250 e. The van der Waals surface area contributed by atoms with E-state index >= 15 is 0 Å². The number of aromatic amines is 1. The SMILES string of the molecule is Cn1cc(-c2cnc3[nH]cc(-c4nnc([C@H](N)c5ccccc5)o4)c3c2)cn1. The van der Waals surface area contributed by atoms with Crippen LogP contribution in [0.25, 0.3) is 33.6 Å². The second kappa shape index (κ2) is 6.43. The lowest BCUT2D eigenvalue weighted by atomic mass is 10.1. The fourth-order valence-corrected chi connectivity index (χ4v) is 3.18. The first-order chi connectivity index (χ1) is 13.7. The van der Waals surface area contributed by atoms with Crippen molar-refractivity contribution in [1.29, 1.82) is 0 Å². The second-order valence-corrected chi connectivity index (χ2v) is 6.56. The lowest BCUT2D eigenvalue weighted by Gasteiger charge is -2.06. The van der Waals surface area contributed by atoms with Crippen molar-refractivity contribution in [3.63, 3.8) is 0 Å². The number of rotatable bonds is 4. The molecule has 0 aliphatic rings. The number of pyridine rings is 1. The van der Waals surface area contributed by atoms with Crippen LogP contribution in [-0.4, -0.2) is 29.9 Å². The van der Waals surface area contributed by atoms with E-state index in [0.717, 1.165) is 33.3 Å². The average Bonchev–Trinajstić information content (AvgIpc) is 3.46. The van der Waals surface area contributed by atoms with Gasteiger partial charge in [-0.25, -0.2) is 4.98 Å². The van der Waals surface area contributed by atoms with E-state index in [4.69, 9.17) is 10.2 Å². The molecule has 1 atom stereocenters. The maximum atomic E-state index is 6.27. The molecule has 4 heterocycles. The van der Waals surface area contributed by atoms with Gasteiger partial charge >= 0.3 is 0 Å². The second-order valence-electron chi connectivity index (χ2n) is 6.56. The number of nitrogens with one attached hydrogen (secondary N) is 1. The Morgan fingerprint density at radius 3 is 2.75 bits per heavy atom. The molecule has 0 unspecified atom stereocenters. The number of fused-ring (bicyclic) bond motifs is 1. The fraction of sp³-hybridized carbons (Fsp3) is 0.100. The molecule has 3 N–H and O–H groups in total. The Kier molecular flexibility index (Phi) is 3.77. The van der Waals surface area contributed by atoms with Gasteiger partial charge in [-0.05, 0) is 11.6 Å². The number of nitrogens with two attached hydrogens (primary N) is 1. The van der Waals surface area contributed by atoms with Crippen LogP contribution in [0.3, 0.4) is 0 Å². The molecule has 0 spiro atoms. The molecule has 1 aromatic carbocycles. The molecule has 0 fully saturated rings. The van der Waals surface area contributed by atoms with Gasteiger partial charge in [0.05, 0.1) is 11.8 Å². The standard InChI is InChI=1S/C20H17N7O/c1-27-11-14(9-24-27)13-7-15-16(10-23-18(15)22-8-13)19-25-26-20(28-19)17(21)12-5-3-2-4-6-12/h2-11,17H,21H2,1H3,(H,22,23)/t17-/m1/s1. The summed E-state index contributed by atoms with van der Waals surface area (Å²) in [4.78, 5) is 7.65. The Hall–Kier alpha value is -3.78.